The van der Waals surface area contributed by atoms with Crippen LogP contribution in [0.4, 0.5) is 0 Å². The molecule has 1 aromatic rings. The molecule has 2 heteroatoms. The SMILES string of the molecule is C=C/C(=C\C=C/C)c1ccncc1.CNC. The summed E-state index contributed by atoms with van der Waals surface area (Å²) < 4.78 is 0. The molecule has 0 spiro atoms. The van der Waals surface area contributed by atoms with Gasteiger partial charge in [0.2, 0.25) is 0 Å². The Labute approximate surface area is 98.4 Å². The second-order valence-electron chi connectivity index (χ2n) is 3.09. The number of aromatic nitrogens is 1. The van der Waals surface area contributed by atoms with Crippen molar-refractivity contribution >= 4 is 5.57 Å². The van der Waals surface area contributed by atoms with Crippen molar-refractivity contribution in [3.05, 3.63) is 61.0 Å². The van der Waals surface area contributed by atoms with E-state index in [2.05, 4.69) is 16.9 Å². The van der Waals surface area contributed by atoms with Gasteiger partial charge >= 0.3 is 0 Å². The maximum Gasteiger partial charge on any atom is 0.0273 e. The number of nitrogens with one attached hydrogen (secondary N) is 1. The molecule has 0 radical (unpaired) electrons. The van der Waals surface area contributed by atoms with Crippen LogP contribution in [0.1, 0.15) is 12.5 Å². The first-order valence-electron chi connectivity index (χ1n) is 5.24. The number of rotatable bonds is 3. The van der Waals surface area contributed by atoms with Crippen molar-refractivity contribution in [2.45, 2.75) is 6.92 Å². The van der Waals surface area contributed by atoms with Gasteiger partial charge in [-0.25, -0.2) is 0 Å². The molecule has 1 N–H and O–H groups in total. The van der Waals surface area contributed by atoms with Crippen molar-refractivity contribution in [1.82, 2.24) is 10.3 Å². The molecule has 1 aromatic heterocycles. The molecular weight excluding hydrogens is 196 g/mol. The van der Waals surface area contributed by atoms with Gasteiger partial charge < -0.3 is 5.32 Å². The first-order chi connectivity index (χ1) is 7.79. The third-order valence-electron chi connectivity index (χ3n) is 1.70. The molecule has 0 saturated carbocycles. The molecule has 0 aliphatic heterocycles. The van der Waals surface area contributed by atoms with Crippen LogP contribution in [-0.2, 0) is 0 Å². The number of pyridine rings is 1. The van der Waals surface area contributed by atoms with Crippen LogP contribution in [0.5, 0.6) is 0 Å². The van der Waals surface area contributed by atoms with Gasteiger partial charge in [0.25, 0.3) is 0 Å². The Bertz CT molecular complexity index is 337. The largest absolute Gasteiger partial charge is 0.323 e. The molecule has 86 valence electrons. The third kappa shape index (κ3) is 5.94. The zero-order valence-corrected chi connectivity index (χ0v) is 10.3. The summed E-state index contributed by atoms with van der Waals surface area (Å²) in [5.74, 6) is 0. The van der Waals surface area contributed by atoms with Crippen LogP contribution in [0.25, 0.3) is 5.57 Å². The fourth-order valence-electron chi connectivity index (χ4n) is 1.03. The van der Waals surface area contributed by atoms with Gasteiger partial charge in [-0.3, -0.25) is 4.98 Å². The topological polar surface area (TPSA) is 24.9 Å². The highest BCUT2D eigenvalue weighted by Gasteiger charge is 1.93. The van der Waals surface area contributed by atoms with E-state index < -0.39 is 0 Å². The summed E-state index contributed by atoms with van der Waals surface area (Å²) in [6, 6.07) is 3.94. The number of allylic oxidation sites excluding steroid dienone is 5. The highest BCUT2D eigenvalue weighted by Crippen LogP contribution is 2.13. The number of hydrogen-bond donors (Lipinski definition) is 1. The van der Waals surface area contributed by atoms with Crippen LogP contribution < -0.4 is 5.32 Å². The van der Waals surface area contributed by atoms with E-state index in [-0.39, 0.29) is 0 Å². The standard InChI is InChI=1S/C12H13N.C2H7N/c1-3-5-6-11(4-2)12-7-9-13-10-8-12;1-3-2/h3-10H,2H2,1H3;3H,1-2H3/b5-3-,11-6+;. The predicted octanol–water partition coefficient (Wildman–Crippen LogP) is 3.06. The van der Waals surface area contributed by atoms with Crippen molar-refractivity contribution in [2.75, 3.05) is 14.1 Å². The minimum Gasteiger partial charge on any atom is -0.323 e. The lowest BCUT2D eigenvalue weighted by molar-refractivity contribution is 1.02. The second-order valence-corrected chi connectivity index (χ2v) is 3.09. The average Bonchev–Trinajstić information content (AvgIpc) is 2.32. The Morgan fingerprint density at radius 1 is 1.31 bits per heavy atom. The molecule has 0 aliphatic carbocycles. The molecule has 1 rings (SSSR count). The van der Waals surface area contributed by atoms with Crippen molar-refractivity contribution in [2.24, 2.45) is 0 Å². The van der Waals surface area contributed by atoms with Crippen LogP contribution in [0, 0.1) is 0 Å². The molecule has 0 aliphatic rings. The summed E-state index contributed by atoms with van der Waals surface area (Å²) >= 11 is 0. The Morgan fingerprint density at radius 2 is 1.88 bits per heavy atom. The van der Waals surface area contributed by atoms with Gasteiger partial charge in [0, 0.05) is 12.4 Å². The quantitative estimate of drug-likeness (QED) is 0.785. The normalized spacial score (nSPS) is 10.8. The van der Waals surface area contributed by atoms with Crippen LogP contribution in [0.2, 0.25) is 0 Å². The summed E-state index contributed by atoms with van der Waals surface area (Å²) in [5.41, 5.74) is 2.25. The van der Waals surface area contributed by atoms with Gasteiger partial charge in [-0.1, -0.05) is 30.9 Å². The molecule has 0 saturated heterocycles. The lowest BCUT2D eigenvalue weighted by Gasteiger charge is -1.98. The minimum absolute atomic E-state index is 1.11. The van der Waals surface area contributed by atoms with Gasteiger partial charge in [0.05, 0.1) is 0 Å². The van der Waals surface area contributed by atoms with E-state index in [0.29, 0.717) is 0 Å². The van der Waals surface area contributed by atoms with Crippen molar-refractivity contribution in [3.8, 4) is 0 Å². The summed E-state index contributed by atoms with van der Waals surface area (Å²) in [4.78, 5) is 3.96. The molecule has 0 bridgehead atoms. The molecule has 0 amide bonds. The molecule has 1 heterocycles. The van der Waals surface area contributed by atoms with E-state index >= 15 is 0 Å². The van der Waals surface area contributed by atoms with E-state index in [1.807, 2.05) is 57.5 Å². The minimum atomic E-state index is 1.11. The van der Waals surface area contributed by atoms with Gasteiger partial charge in [-0.15, -0.1) is 0 Å². The molecule has 0 aromatic carbocycles. The summed E-state index contributed by atoms with van der Waals surface area (Å²) in [7, 11) is 3.75. The Hall–Kier alpha value is -1.67. The van der Waals surface area contributed by atoms with E-state index in [1.54, 1.807) is 12.4 Å². The van der Waals surface area contributed by atoms with Crippen molar-refractivity contribution in [1.29, 1.82) is 0 Å². The first kappa shape index (κ1) is 14.3. The molecule has 0 atom stereocenters. The van der Waals surface area contributed by atoms with Crippen molar-refractivity contribution < 1.29 is 0 Å². The fourth-order valence-corrected chi connectivity index (χ4v) is 1.03. The highest BCUT2D eigenvalue weighted by molar-refractivity contribution is 5.74. The van der Waals surface area contributed by atoms with Crippen LogP contribution in [0.3, 0.4) is 0 Å². The predicted molar refractivity (Wildman–Crippen MR) is 72.2 cm³/mol. The monoisotopic (exact) mass is 216 g/mol. The summed E-state index contributed by atoms with van der Waals surface area (Å²) in [6.45, 7) is 5.76. The van der Waals surface area contributed by atoms with Gasteiger partial charge in [-0.05, 0) is 44.3 Å². The third-order valence-corrected chi connectivity index (χ3v) is 1.70. The van der Waals surface area contributed by atoms with Gasteiger partial charge in [-0.2, -0.15) is 0 Å². The summed E-state index contributed by atoms with van der Waals surface area (Å²) in [5, 5.41) is 2.75. The lowest BCUT2D eigenvalue weighted by atomic mass is 10.1. The van der Waals surface area contributed by atoms with Crippen LogP contribution in [-0.4, -0.2) is 19.1 Å². The average molecular weight is 216 g/mol. The molecular formula is C14H20N2. The maximum absolute atomic E-state index is 3.96. The van der Waals surface area contributed by atoms with E-state index in [1.165, 1.54) is 0 Å². The van der Waals surface area contributed by atoms with E-state index in [9.17, 15) is 0 Å². The Balaban J connectivity index is 0.000000673. The van der Waals surface area contributed by atoms with Crippen LogP contribution in [0.15, 0.2) is 55.4 Å². The number of hydrogen-bond acceptors (Lipinski definition) is 2. The van der Waals surface area contributed by atoms with Gasteiger partial charge in [0.1, 0.15) is 0 Å². The lowest BCUT2D eigenvalue weighted by Crippen LogP contribution is -1.89. The molecule has 2 nitrogen and oxygen atoms in total. The van der Waals surface area contributed by atoms with Crippen molar-refractivity contribution in [3.63, 3.8) is 0 Å². The van der Waals surface area contributed by atoms with E-state index in [0.717, 1.165) is 11.1 Å². The summed E-state index contributed by atoms with van der Waals surface area (Å²) in [6.07, 6.45) is 11.4. The van der Waals surface area contributed by atoms with E-state index in [4.69, 9.17) is 0 Å². The Kier molecular flexibility index (Phi) is 8.84. The molecule has 16 heavy (non-hydrogen) atoms. The zero-order valence-electron chi connectivity index (χ0n) is 10.3. The maximum atomic E-state index is 3.96. The van der Waals surface area contributed by atoms with Crippen LogP contribution >= 0.6 is 0 Å². The Morgan fingerprint density at radius 3 is 2.31 bits per heavy atom. The molecule has 0 unspecified atom stereocenters. The highest BCUT2D eigenvalue weighted by atomic mass is 14.7. The smallest absolute Gasteiger partial charge is 0.0273 e. The molecule has 0 fully saturated rings. The number of nitrogens with zero attached hydrogens (tertiary/aromatic N) is 1. The fraction of sp³-hybridized carbons (Fsp3) is 0.214. The zero-order chi connectivity index (χ0) is 12.2. The van der Waals surface area contributed by atoms with Gasteiger partial charge in [0.15, 0.2) is 0 Å². The second kappa shape index (κ2) is 9.87. The first-order valence-corrected chi connectivity index (χ1v) is 5.24.